The SMILES string of the molecule is CCCc1c(N)ncnc1NC1CCOC1. The molecule has 1 fully saturated rings. The van der Waals surface area contributed by atoms with Crippen molar-refractivity contribution in [3.63, 3.8) is 0 Å². The predicted octanol–water partition coefficient (Wildman–Crippen LogP) is 1.21. The van der Waals surface area contributed by atoms with Crippen LogP contribution in [0.25, 0.3) is 0 Å². The van der Waals surface area contributed by atoms with Gasteiger partial charge in [-0.3, -0.25) is 0 Å². The Labute approximate surface area is 95.4 Å². The van der Waals surface area contributed by atoms with Crippen molar-refractivity contribution in [3.8, 4) is 0 Å². The zero-order valence-corrected chi connectivity index (χ0v) is 9.57. The first-order chi connectivity index (χ1) is 7.81. The molecule has 1 saturated heterocycles. The van der Waals surface area contributed by atoms with Gasteiger partial charge < -0.3 is 15.8 Å². The molecule has 0 amide bonds. The molecule has 2 heterocycles. The fraction of sp³-hybridized carbons (Fsp3) is 0.636. The summed E-state index contributed by atoms with van der Waals surface area (Å²) in [4.78, 5) is 8.29. The highest BCUT2D eigenvalue weighted by atomic mass is 16.5. The van der Waals surface area contributed by atoms with Crippen LogP contribution in [0.2, 0.25) is 0 Å². The minimum absolute atomic E-state index is 0.352. The van der Waals surface area contributed by atoms with Gasteiger partial charge in [0, 0.05) is 12.2 Å². The number of nitrogens with zero attached hydrogens (tertiary/aromatic N) is 2. The molecule has 0 radical (unpaired) electrons. The number of nitrogens with one attached hydrogen (secondary N) is 1. The second-order valence-electron chi connectivity index (χ2n) is 4.04. The third-order valence-corrected chi connectivity index (χ3v) is 2.75. The Morgan fingerprint density at radius 3 is 3.12 bits per heavy atom. The number of ether oxygens (including phenoxy) is 1. The molecule has 1 aliphatic heterocycles. The first kappa shape index (κ1) is 11.1. The summed E-state index contributed by atoms with van der Waals surface area (Å²) in [7, 11) is 0. The summed E-state index contributed by atoms with van der Waals surface area (Å²) in [6, 6.07) is 0.352. The van der Waals surface area contributed by atoms with Crippen molar-refractivity contribution < 1.29 is 4.74 Å². The number of rotatable bonds is 4. The average molecular weight is 222 g/mol. The van der Waals surface area contributed by atoms with Gasteiger partial charge in [0.2, 0.25) is 0 Å². The zero-order chi connectivity index (χ0) is 11.4. The zero-order valence-electron chi connectivity index (χ0n) is 9.57. The maximum absolute atomic E-state index is 5.86. The third kappa shape index (κ3) is 2.41. The van der Waals surface area contributed by atoms with Crippen LogP contribution in [0.15, 0.2) is 6.33 Å². The van der Waals surface area contributed by atoms with Gasteiger partial charge in [0.1, 0.15) is 18.0 Å². The van der Waals surface area contributed by atoms with E-state index in [-0.39, 0.29) is 0 Å². The first-order valence-corrected chi connectivity index (χ1v) is 5.75. The van der Waals surface area contributed by atoms with E-state index in [2.05, 4.69) is 22.2 Å². The number of nitrogen functional groups attached to an aromatic ring is 1. The molecule has 16 heavy (non-hydrogen) atoms. The summed E-state index contributed by atoms with van der Waals surface area (Å²) >= 11 is 0. The van der Waals surface area contributed by atoms with Crippen LogP contribution in [0, 0.1) is 0 Å². The van der Waals surface area contributed by atoms with Crippen LogP contribution < -0.4 is 11.1 Å². The molecule has 3 N–H and O–H groups in total. The van der Waals surface area contributed by atoms with Crippen molar-refractivity contribution >= 4 is 11.6 Å². The van der Waals surface area contributed by atoms with Gasteiger partial charge in [-0.15, -0.1) is 0 Å². The summed E-state index contributed by atoms with van der Waals surface area (Å²) in [5, 5.41) is 3.38. The Kier molecular flexibility index (Phi) is 3.56. The highest BCUT2D eigenvalue weighted by molar-refractivity contribution is 5.55. The average Bonchev–Trinajstić information content (AvgIpc) is 2.76. The minimum atomic E-state index is 0.352. The van der Waals surface area contributed by atoms with Crippen LogP contribution in [0.3, 0.4) is 0 Å². The van der Waals surface area contributed by atoms with Gasteiger partial charge in [-0.05, 0) is 12.8 Å². The molecule has 88 valence electrons. The summed E-state index contributed by atoms with van der Waals surface area (Å²) in [5.41, 5.74) is 6.88. The second-order valence-corrected chi connectivity index (χ2v) is 4.04. The molecular weight excluding hydrogens is 204 g/mol. The largest absolute Gasteiger partial charge is 0.383 e. The lowest BCUT2D eigenvalue weighted by Crippen LogP contribution is -2.21. The van der Waals surface area contributed by atoms with Crippen LogP contribution in [-0.4, -0.2) is 29.2 Å². The number of hydrogen-bond acceptors (Lipinski definition) is 5. The standard InChI is InChI=1S/C11H18N4O/c1-2-3-9-10(12)13-7-14-11(9)15-8-4-5-16-6-8/h7-8H,2-6H2,1H3,(H3,12,13,14,15). The smallest absolute Gasteiger partial charge is 0.135 e. The molecule has 5 heteroatoms. The molecule has 1 atom stereocenters. The van der Waals surface area contributed by atoms with Gasteiger partial charge in [-0.2, -0.15) is 0 Å². The van der Waals surface area contributed by atoms with E-state index >= 15 is 0 Å². The van der Waals surface area contributed by atoms with Gasteiger partial charge in [-0.1, -0.05) is 13.3 Å². The highest BCUT2D eigenvalue weighted by Gasteiger charge is 2.18. The Morgan fingerprint density at radius 1 is 1.56 bits per heavy atom. The molecule has 0 aromatic carbocycles. The highest BCUT2D eigenvalue weighted by Crippen LogP contribution is 2.21. The second kappa shape index (κ2) is 5.12. The van der Waals surface area contributed by atoms with E-state index in [1.807, 2.05) is 0 Å². The molecule has 0 aliphatic carbocycles. The Balaban J connectivity index is 2.14. The van der Waals surface area contributed by atoms with Crippen LogP contribution in [0.1, 0.15) is 25.3 Å². The van der Waals surface area contributed by atoms with E-state index < -0.39 is 0 Å². The molecule has 2 rings (SSSR count). The molecular formula is C11H18N4O. The van der Waals surface area contributed by atoms with Gasteiger partial charge in [-0.25, -0.2) is 9.97 Å². The van der Waals surface area contributed by atoms with E-state index in [4.69, 9.17) is 10.5 Å². The van der Waals surface area contributed by atoms with Gasteiger partial charge >= 0.3 is 0 Å². The first-order valence-electron chi connectivity index (χ1n) is 5.75. The van der Waals surface area contributed by atoms with E-state index in [0.717, 1.165) is 43.9 Å². The molecule has 0 bridgehead atoms. The lowest BCUT2D eigenvalue weighted by molar-refractivity contribution is 0.195. The van der Waals surface area contributed by atoms with Crippen LogP contribution in [0.4, 0.5) is 11.6 Å². The van der Waals surface area contributed by atoms with Crippen molar-refractivity contribution in [2.45, 2.75) is 32.2 Å². The molecule has 1 unspecified atom stereocenters. The van der Waals surface area contributed by atoms with Crippen molar-refractivity contribution in [2.75, 3.05) is 24.3 Å². The minimum Gasteiger partial charge on any atom is -0.383 e. The molecule has 1 aromatic rings. The molecule has 0 spiro atoms. The molecule has 0 saturated carbocycles. The summed E-state index contributed by atoms with van der Waals surface area (Å²) < 4.78 is 5.32. The Morgan fingerprint density at radius 2 is 2.44 bits per heavy atom. The maximum atomic E-state index is 5.86. The van der Waals surface area contributed by atoms with Crippen molar-refractivity contribution in [1.82, 2.24) is 9.97 Å². The molecule has 1 aromatic heterocycles. The summed E-state index contributed by atoms with van der Waals surface area (Å²) in [5.74, 6) is 1.45. The normalized spacial score (nSPS) is 19.9. The third-order valence-electron chi connectivity index (χ3n) is 2.75. The lowest BCUT2D eigenvalue weighted by Gasteiger charge is -2.15. The van der Waals surface area contributed by atoms with Gasteiger partial charge in [0.15, 0.2) is 0 Å². The topological polar surface area (TPSA) is 73.1 Å². The number of anilines is 2. The van der Waals surface area contributed by atoms with Crippen LogP contribution in [0.5, 0.6) is 0 Å². The number of hydrogen-bond donors (Lipinski definition) is 2. The fourth-order valence-electron chi connectivity index (χ4n) is 1.89. The van der Waals surface area contributed by atoms with Crippen molar-refractivity contribution in [1.29, 1.82) is 0 Å². The number of nitrogens with two attached hydrogens (primary N) is 1. The van der Waals surface area contributed by atoms with Crippen LogP contribution in [-0.2, 0) is 11.2 Å². The lowest BCUT2D eigenvalue weighted by atomic mass is 10.1. The fourth-order valence-corrected chi connectivity index (χ4v) is 1.89. The van der Waals surface area contributed by atoms with Crippen molar-refractivity contribution in [3.05, 3.63) is 11.9 Å². The van der Waals surface area contributed by atoms with E-state index in [9.17, 15) is 0 Å². The molecule has 1 aliphatic rings. The Hall–Kier alpha value is -1.36. The summed E-state index contributed by atoms with van der Waals surface area (Å²) in [6.07, 6.45) is 4.47. The molecule has 5 nitrogen and oxygen atoms in total. The van der Waals surface area contributed by atoms with E-state index in [1.165, 1.54) is 6.33 Å². The quantitative estimate of drug-likeness (QED) is 0.801. The monoisotopic (exact) mass is 222 g/mol. The van der Waals surface area contributed by atoms with E-state index in [0.29, 0.717) is 11.9 Å². The predicted molar refractivity (Wildman–Crippen MR) is 63.3 cm³/mol. The van der Waals surface area contributed by atoms with E-state index in [1.54, 1.807) is 0 Å². The Bertz CT molecular complexity index is 350. The number of aromatic nitrogens is 2. The summed E-state index contributed by atoms with van der Waals surface area (Å²) in [6.45, 7) is 3.69. The van der Waals surface area contributed by atoms with Crippen LogP contribution >= 0.6 is 0 Å². The van der Waals surface area contributed by atoms with Crippen molar-refractivity contribution in [2.24, 2.45) is 0 Å². The van der Waals surface area contributed by atoms with Gasteiger partial charge in [0.25, 0.3) is 0 Å². The van der Waals surface area contributed by atoms with Gasteiger partial charge in [0.05, 0.1) is 12.6 Å². The maximum Gasteiger partial charge on any atom is 0.135 e.